The average Bonchev–Trinajstić information content (AvgIpc) is 3.19. The molecule has 4 heterocycles. The maximum absolute atomic E-state index is 15.0. The van der Waals surface area contributed by atoms with Crippen LogP contribution in [-0.2, 0) is 9.53 Å². The molecule has 1 N–H and O–H groups in total. The van der Waals surface area contributed by atoms with E-state index in [1.54, 1.807) is 6.20 Å². The molecular weight excluding hydrogens is 512 g/mol. The molecule has 2 aliphatic heterocycles. The van der Waals surface area contributed by atoms with Gasteiger partial charge in [-0.2, -0.15) is 0 Å². The Hall–Kier alpha value is -2.63. The van der Waals surface area contributed by atoms with Gasteiger partial charge in [-0.3, -0.25) is 9.69 Å². The Labute approximate surface area is 209 Å². The first kappa shape index (κ1) is 24.5. The molecular formula is C20H21Cl3FN7O3. The van der Waals surface area contributed by atoms with Crippen LogP contribution in [0.15, 0.2) is 18.5 Å². The van der Waals surface area contributed by atoms with Crippen molar-refractivity contribution in [1.29, 1.82) is 0 Å². The van der Waals surface area contributed by atoms with Crippen molar-refractivity contribution in [3.05, 3.63) is 35.1 Å². The number of alkyl halides is 2. The number of hydrogen-bond donors (Lipinski definition) is 1. The van der Waals surface area contributed by atoms with Crippen LogP contribution in [0.5, 0.6) is 0 Å². The lowest BCUT2D eigenvalue weighted by Crippen LogP contribution is -2.47. The maximum atomic E-state index is 15.0. The van der Waals surface area contributed by atoms with Crippen LogP contribution in [0.25, 0.3) is 0 Å². The molecule has 1 atom stereocenters. The van der Waals surface area contributed by atoms with Crippen molar-refractivity contribution < 1.29 is 18.7 Å². The highest BCUT2D eigenvalue weighted by atomic mass is 35.5. The van der Waals surface area contributed by atoms with E-state index < -0.39 is 28.8 Å². The van der Waals surface area contributed by atoms with E-state index in [1.165, 1.54) is 17.2 Å². The molecule has 0 unspecified atom stereocenters. The molecule has 0 spiro atoms. The minimum absolute atomic E-state index is 0.0340. The van der Waals surface area contributed by atoms with Crippen LogP contribution in [0.1, 0.15) is 5.56 Å². The molecule has 0 bridgehead atoms. The number of anilines is 3. The van der Waals surface area contributed by atoms with Crippen LogP contribution in [0.3, 0.4) is 0 Å². The third-order valence-electron chi connectivity index (χ3n) is 5.49. The summed E-state index contributed by atoms with van der Waals surface area (Å²) in [6, 6.07) is 1.25. The number of cyclic esters (lactones) is 1. The number of carbonyl (C=O) groups excluding carboxylic acids is 2. The summed E-state index contributed by atoms with van der Waals surface area (Å²) in [6.07, 6.45) is 1.81. The number of aryl methyl sites for hydroxylation is 1. The first-order valence-electron chi connectivity index (χ1n) is 10.4. The normalized spacial score (nSPS) is 18.5. The maximum Gasteiger partial charge on any atom is 0.414 e. The average molecular weight is 533 g/mol. The van der Waals surface area contributed by atoms with Gasteiger partial charge in [0, 0.05) is 44.0 Å². The van der Waals surface area contributed by atoms with Gasteiger partial charge < -0.3 is 19.9 Å². The van der Waals surface area contributed by atoms with E-state index in [0.29, 0.717) is 26.2 Å². The summed E-state index contributed by atoms with van der Waals surface area (Å²) in [5, 5.41) is 2.66. The van der Waals surface area contributed by atoms with Crippen molar-refractivity contribution in [2.24, 2.45) is 0 Å². The van der Waals surface area contributed by atoms with Gasteiger partial charge in [0.25, 0.3) is 5.91 Å². The predicted octanol–water partition coefficient (Wildman–Crippen LogP) is 2.54. The standard InChI is InChI=1S/C20H21Cl3FN7O3/c1-11-7-27-19(23)28-16(11)29-2-4-30(5-3-29)17-14(24)6-12(8-25-17)31-10-13(34-20(31)33)9-26-18(32)15(21)22/h6-8,13,15H,2-5,9-10H2,1H3,(H,26,32)/t13-/m0/s1. The lowest BCUT2D eigenvalue weighted by atomic mass is 10.2. The smallest absolute Gasteiger partial charge is 0.414 e. The van der Waals surface area contributed by atoms with E-state index in [2.05, 4.69) is 25.2 Å². The number of halogens is 4. The second-order valence-corrected chi connectivity index (χ2v) is 9.22. The monoisotopic (exact) mass is 531 g/mol. The van der Waals surface area contributed by atoms with Crippen LogP contribution >= 0.6 is 34.8 Å². The molecule has 2 amide bonds. The Bertz CT molecular complexity index is 1090. The molecule has 10 nitrogen and oxygen atoms in total. The minimum Gasteiger partial charge on any atom is -0.442 e. The Morgan fingerprint density at radius 1 is 1.21 bits per heavy atom. The first-order valence-corrected chi connectivity index (χ1v) is 11.7. The number of nitrogens with one attached hydrogen (secondary N) is 1. The molecule has 0 radical (unpaired) electrons. The zero-order valence-electron chi connectivity index (χ0n) is 18.0. The van der Waals surface area contributed by atoms with Crippen LogP contribution < -0.4 is 20.0 Å². The fourth-order valence-corrected chi connectivity index (χ4v) is 4.08. The minimum atomic E-state index is -1.22. The zero-order valence-corrected chi connectivity index (χ0v) is 20.3. The van der Waals surface area contributed by atoms with E-state index in [-0.39, 0.29) is 29.9 Å². The summed E-state index contributed by atoms with van der Waals surface area (Å²) >= 11 is 16.9. The second-order valence-electron chi connectivity index (χ2n) is 7.78. The summed E-state index contributed by atoms with van der Waals surface area (Å²) < 4.78 is 20.2. The van der Waals surface area contributed by atoms with E-state index in [4.69, 9.17) is 39.5 Å². The fraction of sp³-hybridized carbons (Fsp3) is 0.450. The van der Waals surface area contributed by atoms with Gasteiger partial charge in [-0.1, -0.05) is 23.2 Å². The zero-order chi connectivity index (χ0) is 24.4. The van der Waals surface area contributed by atoms with Gasteiger partial charge >= 0.3 is 6.09 Å². The summed E-state index contributed by atoms with van der Waals surface area (Å²) in [5.41, 5.74) is 1.17. The van der Waals surface area contributed by atoms with Crippen LogP contribution in [-0.4, -0.2) is 77.2 Å². The topological polar surface area (TPSA) is 104 Å². The van der Waals surface area contributed by atoms with E-state index in [1.807, 2.05) is 11.8 Å². The van der Waals surface area contributed by atoms with Gasteiger partial charge in [0.1, 0.15) is 11.9 Å². The lowest BCUT2D eigenvalue weighted by molar-refractivity contribution is -0.119. The van der Waals surface area contributed by atoms with Crippen molar-refractivity contribution in [3.8, 4) is 0 Å². The number of ether oxygens (including phenoxy) is 1. The Morgan fingerprint density at radius 3 is 2.53 bits per heavy atom. The van der Waals surface area contributed by atoms with Crippen molar-refractivity contribution in [3.63, 3.8) is 0 Å². The molecule has 4 rings (SSSR count). The number of piperazine rings is 1. The van der Waals surface area contributed by atoms with Crippen LogP contribution in [0.2, 0.25) is 5.28 Å². The number of aromatic nitrogens is 3. The van der Waals surface area contributed by atoms with E-state index >= 15 is 0 Å². The number of nitrogens with zero attached hydrogens (tertiary/aromatic N) is 6. The third-order valence-corrected chi connectivity index (χ3v) is 6.07. The predicted molar refractivity (Wildman–Crippen MR) is 127 cm³/mol. The highest BCUT2D eigenvalue weighted by Gasteiger charge is 2.34. The highest BCUT2D eigenvalue weighted by molar-refractivity contribution is 6.53. The Morgan fingerprint density at radius 2 is 1.88 bits per heavy atom. The first-order chi connectivity index (χ1) is 16.2. The molecule has 182 valence electrons. The quantitative estimate of drug-likeness (QED) is 0.447. The van der Waals surface area contributed by atoms with Gasteiger partial charge in [-0.05, 0) is 18.5 Å². The molecule has 2 fully saturated rings. The molecule has 0 aliphatic carbocycles. The SMILES string of the molecule is Cc1cnc(Cl)nc1N1CCN(c2ncc(N3C[C@H](CNC(=O)C(Cl)Cl)OC3=O)cc2F)CC1. The number of amides is 2. The molecule has 14 heteroatoms. The summed E-state index contributed by atoms with van der Waals surface area (Å²) in [5.74, 6) is -0.182. The Kier molecular flexibility index (Phi) is 7.44. The van der Waals surface area contributed by atoms with Crippen molar-refractivity contribution in [2.45, 2.75) is 17.9 Å². The molecule has 34 heavy (non-hydrogen) atoms. The molecule has 0 aromatic carbocycles. The number of pyridine rings is 1. The fourth-order valence-electron chi connectivity index (χ4n) is 3.79. The molecule has 2 aromatic heterocycles. The number of rotatable bonds is 6. The van der Waals surface area contributed by atoms with Crippen LogP contribution in [0.4, 0.5) is 26.5 Å². The lowest BCUT2D eigenvalue weighted by Gasteiger charge is -2.36. The highest BCUT2D eigenvalue weighted by Crippen LogP contribution is 2.27. The van der Waals surface area contributed by atoms with Gasteiger partial charge in [0.05, 0.1) is 25.0 Å². The largest absolute Gasteiger partial charge is 0.442 e. The van der Waals surface area contributed by atoms with Gasteiger partial charge in [0.15, 0.2) is 16.5 Å². The second kappa shape index (κ2) is 10.3. The van der Waals surface area contributed by atoms with Crippen molar-refractivity contribution >= 4 is 64.1 Å². The van der Waals surface area contributed by atoms with Crippen molar-refractivity contribution in [2.75, 3.05) is 54.0 Å². The number of carbonyl (C=O) groups is 2. The molecule has 2 aromatic rings. The summed E-state index contributed by atoms with van der Waals surface area (Å²) in [6.45, 7) is 4.33. The van der Waals surface area contributed by atoms with E-state index in [0.717, 1.165) is 11.4 Å². The number of hydrogen-bond acceptors (Lipinski definition) is 8. The van der Waals surface area contributed by atoms with E-state index in [9.17, 15) is 14.0 Å². The van der Waals surface area contributed by atoms with Crippen LogP contribution in [0, 0.1) is 12.7 Å². The van der Waals surface area contributed by atoms with Gasteiger partial charge in [-0.15, -0.1) is 0 Å². The molecule has 2 saturated heterocycles. The molecule has 2 aliphatic rings. The van der Waals surface area contributed by atoms with Gasteiger partial charge in [0.2, 0.25) is 5.28 Å². The Balaban J connectivity index is 1.38. The molecule has 0 saturated carbocycles. The summed E-state index contributed by atoms with van der Waals surface area (Å²) in [4.78, 5) is 40.2. The van der Waals surface area contributed by atoms with Gasteiger partial charge in [-0.25, -0.2) is 24.1 Å². The summed E-state index contributed by atoms with van der Waals surface area (Å²) in [7, 11) is 0. The van der Waals surface area contributed by atoms with Crippen molar-refractivity contribution in [1.82, 2.24) is 20.3 Å². The third kappa shape index (κ3) is 5.37.